The summed E-state index contributed by atoms with van der Waals surface area (Å²) in [6.45, 7) is 2.25. The fourth-order valence-corrected chi connectivity index (χ4v) is 3.01. The first-order chi connectivity index (χ1) is 6.75. The summed E-state index contributed by atoms with van der Waals surface area (Å²) in [6.07, 6.45) is 0. The number of hydrogen-bond acceptors (Lipinski definition) is 2. The summed E-state index contributed by atoms with van der Waals surface area (Å²) < 4.78 is 12.6. The van der Waals surface area contributed by atoms with Crippen LogP contribution >= 0.6 is 11.8 Å². The van der Waals surface area contributed by atoms with Gasteiger partial charge in [-0.1, -0.05) is 6.92 Å². The molecule has 2 rings (SSSR count). The maximum absolute atomic E-state index is 12.6. The Labute approximate surface area is 88.1 Å². The third-order valence-corrected chi connectivity index (χ3v) is 3.92. The van der Waals surface area contributed by atoms with Gasteiger partial charge in [0.1, 0.15) is 5.82 Å². The van der Waals surface area contributed by atoms with Gasteiger partial charge in [-0.3, -0.25) is 0 Å². The van der Waals surface area contributed by atoms with E-state index in [0.29, 0.717) is 12.0 Å². The number of anilines is 1. The second-order valence-electron chi connectivity index (χ2n) is 3.77. The van der Waals surface area contributed by atoms with Crippen molar-refractivity contribution in [3.05, 3.63) is 30.1 Å². The Bertz CT molecular complexity index is 299. The maximum Gasteiger partial charge on any atom is 0.123 e. The van der Waals surface area contributed by atoms with E-state index in [0.717, 1.165) is 11.4 Å². The van der Waals surface area contributed by atoms with E-state index >= 15 is 0 Å². The minimum Gasteiger partial charge on any atom is -0.381 e. The molecule has 76 valence electrons. The van der Waals surface area contributed by atoms with E-state index < -0.39 is 0 Å². The van der Waals surface area contributed by atoms with Crippen LogP contribution in [0.4, 0.5) is 10.1 Å². The van der Waals surface area contributed by atoms with Crippen molar-refractivity contribution >= 4 is 17.4 Å². The Hall–Kier alpha value is -0.700. The molecule has 1 aromatic rings. The van der Waals surface area contributed by atoms with Crippen LogP contribution in [-0.2, 0) is 0 Å². The van der Waals surface area contributed by atoms with Crippen molar-refractivity contribution in [1.29, 1.82) is 0 Å². The van der Waals surface area contributed by atoms with E-state index in [-0.39, 0.29) is 5.82 Å². The lowest BCUT2D eigenvalue weighted by Crippen LogP contribution is -2.25. The van der Waals surface area contributed by atoms with Crippen LogP contribution in [0.25, 0.3) is 0 Å². The summed E-state index contributed by atoms with van der Waals surface area (Å²) in [5, 5.41) is 3.43. The summed E-state index contributed by atoms with van der Waals surface area (Å²) in [6, 6.07) is 7.12. The molecule has 1 N–H and O–H groups in total. The van der Waals surface area contributed by atoms with Gasteiger partial charge >= 0.3 is 0 Å². The molecule has 1 aliphatic rings. The molecule has 1 heterocycles. The molecule has 0 saturated carbocycles. The van der Waals surface area contributed by atoms with E-state index in [1.165, 1.54) is 17.9 Å². The number of benzene rings is 1. The van der Waals surface area contributed by atoms with Crippen molar-refractivity contribution in [2.24, 2.45) is 5.92 Å². The zero-order valence-electron chi connectivity index (χ0n) is 8.16. The lowest BCUT2D eigenvalue weighted by molar-refractivity contribution is 0.598. The smallest absolute Gasteiger partial charge is 0.123 e. The van der Waals surface area contributed by atoms with Crippen molar-refractivity contribution in [3.8, 4) is 0 Å². The number of halogens is 1. The molecule has 3 heteroatoms. The van der Waals surface area contributed by atoms with E-state index in [1.807, 2.05) is 11.8 Å². The van der Waals surface area contributed by atoms with Crippen molar-refractivity contribution in [2.75, 3.05) is 16.8 Å². The van der Waals surface area contributed by atoms with Gasteiger partial charge in [0.05, 0.1) is 0 Å². The van der Waals surface area contributed by atoms with E-state index in [2.05, 4.69) is 12.2 Å². The van der Waals surface area contributed by atoms with Crippen molar-refractivity contribution in [3.63, 3.8) is 0 Å². The topological polar surface area (TPSA) is 12.0 Å². The molecule has 1 saturated heterocycles. The molecule has 1 nitrogen and oxygen atoms in total. The number of rotatable bonds is 2. The van der Waals surface area contributed by atoms with Crippen molar-refractivity contribution in [1.82, 2.24) is 0 Å². The van der Waals surface area contributed by atoms with Crippen molar-refractivity contribution in [2.45, 2.75) is 13.0 Å². The lowest BCUT2D eigenvalue weighted by Gasteiger charge is -2.17. The summed E-state index contributed by atoms with van der Waals surface area (Å²) in [4.78, 5) is 0. The standard InChI is InChI=1S/C11H14FNS/c1-8-6-14-7-11(8)13-10-4-2-9(12)3-5-10/h2-5,8,11,13H,6-7H2,1H3. The Balaban J connectivity index is 2.00. The molecule has 0 radical (unpaired) electrons. The van der Waals surface area contributed by atoms with Crippen LogP contribution in [0.2, 0.25) is 0 Å². The van der Waals surface area contributed by atoms with Gasteiger partial charge in [0.25, 0.3) is 0 Å². The molecular formula is C11H14FNS. The molecule has 0 amide bonds. The lowest BCUT2D eigenvalue weighted by atomic mass is 10.1. The van der Waals surface area contributed by atoms with Crippen LogP contribution in [0.15, 0.2) is 24.3 Å². The minimum atomic E-state index is -0.176. The average Bonchev–Trinajstić information content (AvgIpc) is 2.56. The molecule has 1 aliphatic heterocycles. The molecular weight excluding hydrogens is 197 g/mol. The Morgan fingerprint density at radius 1 is 1.29 bits per heavy atom. The molecule has 2 unspecified atom stereocenters. The Morgan fingerprint density at radius 3 is 2.57 bits per heavy atom. The summed E-state index contributed by atoms with van der Waals surface area (Å²) >= 11 is 1.98. The third-order valence-electron chi connectivity index (χ3n) is 2.56. The van der Waals surface area contributed by atoms with Crippen LogP contribution in [0.3, 0.4) is 0 Å². The predicted octanol–water partition coefficient (Wildman–Crippen LogP) is 2.99. The highest BCUT2D eigenvalue weighted by molar-refractivity contribution is 7.99. The first-order valence-corrected chi connectivity index (χ1v) is 6.01. The second kappa shape index (κ2) is 4.22. The Kier molecular flexibility index (Phi) is 2.96. The summed E-state index contributed by atoms with van der Waals surface area (Å²) in [5.41, 5.74) is 1.02. The fraction of sp³-hybridized carbons (Fsp3) is 0.455. The van der Waals surface area contributed by atoms with Crippen LogP contribution in [-0.4, -0.2) is 17.5 Å². The molecule has 1 aromatic carbocycles. The van der Waals surface area contributed by atoms with Gasteiger partial charge in [0, 0.05) is 17.5 Å². The van der Waals surface area contributed by atoms with Gasteiger partial charge in [-0.05, 0) is 35.9 Å². The highest BCUT2D eigenvalue weighted by atomic mass is 32.2. The zero-order valence-corrected chi connectivity index (χ0v) is 8.98. The first-order valence-electron chi connectivity index (χ1n) is 4.85. The van der Waals surface area contributed by atoms with Crippen LogP contribution < -0.4 is 5.32 Å². The van der Waals surface area contributed by atoms with E-state index in [1.54, 1.807) is 12.1 Å². The second-order valence-corrected chi connectivity index (χ2v) is 4.85. The number of thioether (sulfide) groups is 1. The zero-order chi connectivity index (χ0) is 9.97. The SMILES string of the molecule is CC1CSCC1Nc1ccc(F)cc1. The van der Waals surface area contributed by atoms with Gasteiger partial charge in [0.2, 0.25) is 0 Å². The largest absolute Gasteiger partial charge is 0.381 e. The fourth-order valence-electron chi connectivity index (χ4n) is 1.61. The number of nitrogens with one attached hydrogen (secondary N) is 1. The average molecular weight is 211 g/mol. The number of hydrogen-bond donors (Lipinski definition) is 1. The molecule has 0 spiro atoms. The van der Waals surface area contributed by atoms with Gasteiger partial charge in [0.15, 0.2) is 0 Å². The molecule has 0 aliphatic carbocycles. The third kappa shape index (κ3) is 2.21. The molecule has 0 aromatic heterocycles. The minimum absolute atomic E-state index is 0.176. The molecule has 1 fully saturated rings. The first kappa shape index (κ1) is 9.84. The van der Waals surface area contributed by atoms with Gasteiger partial charge in [-0.15, -0.1) is 0 Å². The summed E-state index contributed by atoms with van der Waals surface area (Å²) in [5.74, 6) is 2.90. The van der Waals surface area contributed by atoms with Gasteiger partial charge in [-0.25, -0.2) is 4.39 Å². The maximum atomic E-state index is 12.6. The Morgan fingerprint density at radius 2 is 2.00 bits per heavy atom. The van der Waals surface area contributed by atoms with Crippen LogP contribution in [0.5, 0.6) is 0 Å². The van der Waals surface area contributed by atoms with E-state index in [4.69, 9.17) is 0 Å². The van der Waals surface area contributed by atoms with Gasteiger partial charge < -0.3 is 5.32 Å². The highest BCUT2D eigenvalue weighted by Crippen LogP contribution is 2.26. The quantitative estimate of drug-likeness (QED) is 0.807. The molecule has 14 heavy (non-hydrogen) atoms. The van der Waals surface area contributed by atoms with Crippen molar-refractivity contribution < 1.29 is 4.39 Å². The molecule has 0 bridgehead atoms. The van der Waals surface area contributed by atoms with Gasteiger partial charge in [-0.2, -0.15) is 11.8 Å². The molecule has 2 atom stereocenters. The van der Waals surface area contributed by atoms with Crippen LogP contribution in [0.1, 0.15) is 6.92 Å². The van der Waals surface area contributed by atoms with Crippen LogP contribution in [0, 0.1) is 11.7 Å². The monoisotopic (exact) mass is 211 g/mol. The highest BCUT2D eigenvalue weighted by Gasteiger charge is 2.23. The van der Waals surface area contributed by atoms with E-state index in [9.17, 15) is 4.39 Å². The summed E-state index contributed by atoms with van der Waals surface area (Å²) in [7, 11) is 0. The normalized spacial score (nSPS) is 26.4. The predicted molar refractivity (Wildman–Crippen MR) is 60.3 cm³/mol.